The Balaban J connectivity index is 0.00000176. The average Bonchev–Trinajstić information content (AvgIpc) is 2.87. The number of rotatable bonds is 2. The van der Waals surface area contributed by atoms with Crippen LogP contribution < -0.4 is 5.32 Å². The molecule has 3 rings (SSSR count). The van der Waals surface area contributed by atoms with Crippen molar-refractivity contribution in [1.29, 1.82) is 0 Å². The van der Waals surface area contributed by atoms with Gasteiger partial charge in [-0.3, -0.25) is 0 Å². The van der Waals surface area contributed by atoms with Crippen molar-refractivity contribution in [2.24, 2.45) is 0 Å². The van der Waals surface area contributed by atoms with Crippen LogP contribution in [0.4, 0.5) is 4.79 Å². The average molecular weight is 325 g/mol. The number of halogens is 1. The molecule has 0 aromatic heterocycles. The minimum absolute atomic E-state index is 0. The van der Waals surface area contributed by atoms with E-state index in [1.54, 1.807) is 0 Å². The van der Waals surface area contributed by atoms with Gasteiger partial charge < -0.3 is 15.0 Å². The molecule has 2 heterocycles. The van der Waals surface area contributed by atoms with Crippen LogP contribution >= 0.6 is 12.4 Å². The van der Waals surface area contributed by atoms with Crippen LogP contribution in [0.25, 0.3) is 0 Å². The van der Waals surface area contributed by atoms with E-state index in [1.165, 1.54) is 19.3 Å². The number of likely N-dealkylation sites (tertiary alicyclic amines) is 1. The standard InChI is InChI=1S/C17H24N2O2.ClH/c20-16(21-14-15-6-2-1-3-7-15)19-12-5-9-17(10-13-19)8-4-11-18-17;/h1-3,6-7,18H,4-5,8-14H2;1H. The zero-order chi connectivity index (χ0) is 14.5. The van der Waals surface area contributed by atoms with E-state index in [4.69, 9.17) is 4.74 Å². The zero-order valence-electron chi connectivity index (χ0n) is 12.9. The first kappa shape index (κ1) is 17.1. The van der Waals surface area contributed by atoms with E-state index in [-0.39, 0.29) is 24.0 Å². The lowest BCUT2D eigenvalue weighted by Gasteiger charge is -2.28. The summed E-state index contributed by atoms with van der Waals surface area (Å²) in [6.45, 7) is 3.11. The van der Waals surface area contributed by atoms with Crippen LogP contribution in [0.2, 0.25) is 0 Å². The third kappa shape index (κ3) is 4.14. The number of nitrogens with zero attached hydrogens (tertiary/aromatic N) is 1. The van der Waals surface area contributed by atoms with Crippen LogP contribution in [0, 0.1) is 0 Å². The minimum Gasteiger partial charge on any atom is -0.445 e. The first-order chi connectivity index (χ1) is 10.3. The molecule has 5 heteroatoms. The summed E-state index contributed by atoms with van der Waals surface area (Å²) in [5.74, 6) is 0. The Bertz CT molecular complexity index is 475. The van der Waals surface area contributed by atoms with Crippen LogP contribution in [-0.4, -0.2) is 36.2 Å². The lowest BCUT2D eigenvalue weighted by atomic mass is 9.89. The first-order valence-electron chi connectivity index (χ1n) is 7.98. The molecular weight excluding hydrogens is 300 g/mol. The fraction of sp³-hybridized carbons (Fsp3) is 0.588. The Morgan fingerprint density at radius 1 is 1.14 bits per heavy atom. The summed E-state index contributed by atoms with van der Waals surface area (Å²) in [5.41, 5.74) is 1.32. The van der Waals surface area contributed by atoms with E-state index in [9.17, 15) is 4.79 Å². The maximum Gasteiger partial charge on any atom is 0.410 e. The van der Waals surface area contributed by atoms with Gasteiger partial charge in [-0.25, -0.2) is 4.79 Å². The first-order valence-corrected chi connectivity index (χ1v) is 7.98. The maximum absolute atomic E-state index is 12.2. The minimum atomic E-state index is -0.172. The van der Waals surface area contributed by atoms with Crippen LogP contribution in [0.1, 0.15) is 37.7 Å². The molecule has 122 valence electrons. The van der Waals surface area contributed by atoms with E-state index < -0.39 is 0 Å². The van der Waals surface area contributed by atoms with E-state index in [0.717, 1.165) is 38.0 Å². The van der Waals surface area contributed by atoms with Crippen molar-refractivity contribution in [3.05, 3.63) is 35.9 Å². The summed E-state index contributed by atoms with van der Waals surface area (Å²) in [7, 11) is 0. The summed E-state index contributed by atoms with van der Waals surface area (Å²) in [6.07, 6.45) is 5.63. The van der Waals surface area contributed by atoms with E-state index in [2.05, 4.69) is 5.32 Å². The van der Waals surface area contributed by atoms with Crippen molar-refractivity contribution in [2.45, 2.75) is 44.2 Å². The lowest BCUT2D eigenvalue weighted by Crippen LogP contribution is -2.41. The summed E-state index contributed by atoms with van der Waals surface area (Å²) >= 11 is 0. The fourth-order valence-corrected chi connectivity index (χ4v) is 3.48. The second-order valence-electron chi connectivity index (χ2n) is 6.19. The Kier molecular flexibility index (Phi) is 6.09. The molecular formula is C17H25ClN2O2. The van der Waals surface area contributed by atoms with Gasteiger partial charge in [0, 0.05) is 18.6 Å². The predicted molar refractivity (Wildman–Crippen MR) is 89.3 cm³/mol. The van der Waals surface area contributed by atoms with Crippen molar-refractivity contribution in [2.75, 3.05) is 19.6 Å². The molecule has 1 aromatic rings. The van der Waals surface area contributed by atoms with Gasteiger partial charge in [0.25, 0.3) is 0 Å². The summed E-state index contributed by atoms with van der Waals surface area (Å²) in [4.78, 5) is 14.1. The highest BCUT2D eigenvalue weighted by Gasteiger charge is 2.35. The van der Waals surface area contributed by atoms with Crippen LogP contribution in [-0.2, 0) is 11.3 Å². The predicted octanol–water partition coefficient (Wildman–Crippen LogP) is 3.35. The number of hydrogen-bond acceptors (Lipinski definition) is 3. The van der Waals surface area contributed by atoms with Crippen molar-refractivity contribution >= 4 is 18.5 Å². The van der Waals surface area contributed by atoms with Crippen molar-refractivity contribution in [3.63, 3.8) is 0 Å². The largest absolute Gasteiger partial charge is 0.445 e. The smallest absolute Gasteiger partial charge is 0.410 e. The fourth-order valence-electron chi connectivity index (χ4n) is 3.48. The molecule has 2 aliphatic rings. The number of hydrogen-bond donors (Lipinski definition) is 1. The molecule has 2 fully saturated rings. The number of carbonyl (C=O) groups is 1. The van der Waals surface area contributed by atoms with E-state index in [0.29, 0.717) is 6.61 Å². The molecule has 0 bridgehead atoms. The van der Waals surface area contributed by atoms with Gasteiger partial charge in [0.2, 0.25) is 0 Å². The summed E-state index contributed by atoms with van der Waals surface area (Å²) < 4.78 is 5.44. The van der Waals surface area contributed by atoms with Gasteiger partial charge in [0.05, 0.1) is 0 Å². The van der Waals surface area contributed by atoms with Crippen molar-refractivity contribution in [1.82, 2.24) is 10.2 Å². The molecule has 1 unspecified atom stereocenters. The van der Waals surface area contributed by atoms with Gasteiger partial charge in [-0.05, 0) is 44.2 Å². The van der Waals surface area contributed by atoms with Crippen molar-refractivity contribution in [3.8, 4) is 0 Å². The highest BCUT2D eigenvalue weighted by molar-refractivity contribution is 5.85. The van der Waals surface area contributed by atoms with Gasteiger partial charge in [-0.2, -0.15) is 0 Å². The highest BCUT2D eigenvalue weighted by Crippen LogP contribution is 2.30. The van der Waals surface area contributed by atoms with Gasteiger partial charge in [-0.15, -0.1) is 12.4 Å². The monoisotopic (exact) mass is 324 g/mol. The molecule has 1 atom stereocenters. The summed E-state index contributed by atoms with van der Waals surface area (Å²) in [5, 5.41) is 3.65. The molecule has 1 N–H and O–H groups in total. The van der Waals surface area contributed by atoms with Gasteiger partial charge in [0.1, 0.15) is 6.61 Å². The number of ether oxygens (including phenoxy) is 1. The molecule has 4 nitrogen and oxygen atoms in total. The molecule has 2 aliphatic heterocycles. The number of amides is 1. The molecule has 1 amide bonds. The topological polar surface area (TPSA) is 41.6 Å². The third-order valence-electron chi connectivity index (χ3n) is 4.74. The molecule has 0 aliphatic carbocycles. The Morgan fingerprint density at radius 2 is 1.91 bits per heavy atom. The Morgan fingerprint density at radius 3 is 2.64 bits per heavy atom. The van der Waals surface area contributed by atoms with Crippen LogP contribution in [0.3, 0.4) is 0 Å². The Hall–Kier alpha value is -1.26. The quantitative estimate of drug-likeness (QED) is 0.907. The molecule has 1 spiro atoms. The number of carbonyl (C=O) groups excluding carboxylic acids is 1. The maximum atomic E-state index is 12.2. The number of nitrogens with one attached hydrogen (secondary N) is 1. The normalized spacial score (nSPS) is 24.6. The molecule has 22 heavy (non-hydrogen) atoms. The third-order valence-corrected chi connectivity index (χ3v) is 4.74. The van der Waals surface area contributed by atoms with E-state index >= 15 is 0 Å². The molecule has 1 aromatic carbocycles. The molecule has 0 radical (unpaired) electrons. The SMILES string of the molecule is Cl.O=C(OCc1ccccc1)N1CCCC2(CCCN2)CC1. The van der Waals surface area contributed by atoms with Gasteiger partial charge in [0.15, 0.2) is 0 Å². The molecule has 0 saturated carbocycles. The Labute approximate surface area is 138 Å². The second-order valence-corrected chi connectivity index (χ2v) is 6.19. The van der Waals surface area contributed by atoms with Gasteiger partial charge in [-0.1, -0.05) is 30.3 Å². The van der Waals surface area contributed by atoms with E-state index in [1.807, 2.05) is 35.2 Å². The van der Waals surface area contributed by atoms with Crippen LogP contribution in [0.15, 0.2) is 30.3 Å². The van der Waals surface area contributed by atoms with Crippen molar-refractivity contribution < 1.29 is 9.53 Å². The second kappa shape index (κ2) is 7.84. The van der Waals surface area contributed by atoms with Crippen LogP contribution in [0.5, 0.6) is 0 Å². The highest BCUT2D eigenvalue weighted by atomic mass is 35.5. The number of benzene rings is 1. The molecule has 2 saturated heterocycles. The summed E-state index contributed by atoms with van der Waals surface area (Å²) in [6, 6.07) is 9.85. The lowest BCUT2D eigenvalue weighted by molar-refractivity contribution is 0.0967. The zero-order valence-corrected chi connectivity index (χ0v) is 13.7. The van der Waals surface area contributed by atoms with Gasteiger partial charge >= 0.3 is 6.09 Å².